The van der Waals surface area contributed by atoms with Crippen LogP contribution in [0.25, 0.3) is 10.2 Å². The van der Waals surface area contributed by atoms with Gasteiger partial charge in [0.15, 0.2) is 5.13 Å². The molecule has 2 aromatic heterocycles. The molecule has 0 fully saturated rings. The van der Waals surface area contributed by atoms with E-state index in [1.165, 1.54) is 23.5 Å². The molecule has 1 N–H and O–H groups in total. The van der Waals surface area contributed by atoms with E-state index in [0.717, 1.165) is 9.83 Å². The summed E-state index contributed by atoms with van der Waals surface area (Å²) in [5, 5.41) is 3.94. The van der Waals surface area contributed by atoms with Crippen LogP contribution in [-0.2, 0) is 6.67 Å². The number of imidazole rings is 1. The Hall–Kier alpha value is -1.95. The number of nitrogens with one attached hydrogen (secondary N) is 1. The van der Waals surface area contributed by atoms with Gasteiger partial charge in [-0.25, -0.2) is 14.4 Å². The molecule has 0 unspecified atom stereocenters. The topological polar surface area (TPSA) is 42.7 Å². The minimum atomic E-state index is -0.260. The van der Waals surface area contributed by atoms with Crippen LogP contribution in [0.3, 0.4) is 0 Å². The lowest BCUT2D eigenvalue weighted by Gasteiger charge is -2.01. The summed E-state index contributed by atoms with van der Waals surface area (Å²) in [4.78, 5) is 8.25. The minimum Gasteiger partial charge on any atom is -0.344 e. The van der Waals surface area contributed by atoms with Crippen LogP contribution >= 0.6 is 11.3 Å². The second-order valence-electron chi connectivity index (χ2n) is 3.54. The summed E-state index contributed by atoms with van der Waals surface area (Å²) in [5.41, 5.74) is 0.683. The fraction of sp³-hybridized carbons (Fsp3) is 0.0909. The van der Waals surface area contributed by atoms with Crippen molar-refractivity contribution in [2.75, 3.05) is 5.32 Å². The molecule has 0 amide bonds. The summed E-state index contributed by atoms with van der Waals surface area (Å²) in [6.45, 7) is 0.600. The van der Waals surface area contributed by atoms with Gasteiger partial charge in [-0.1, -0.05) is 11.3 Å². The number of rotatable bonds is 3. The third kappa shape index (κ3) is 2.12. The molecule has 0 aliphatic carbocycles. The van der Waals surface area contributed by atoms with Crippen LogP contribution in [0.2, 0.25) is 0 Å². The van der Waals surface area contributed by atoms with E-state index in [9.17, 15) is 4.39 Å². The van der Waals surface area contributed by atoms with Gasteiger partial charge >= 0.3 is 0 Å². The van der Waals surface area contributed by atoms with Crippen LogP contribution in [0.5, 0.6) is 0 Å². The Bertz CT molecular complexity index is 632. The monoisotopic (exact) mass is 248 g/mol. The van der Waals surface area contributed by atoms with E-state index >= 15 is 0 Å². The van der Waals surface area contributed by atoms with Gasteiger partial charge in [-0.2, -0.15) is 0 Å². The van der Waals surface area contributed by atoms with E-state index in [1.807, 2.05) is 10.8 Å². The first kappa shape index (κ1) is 10.2. The highest BCUT2D eigenvalue weighted by atomic mass is 32.1. The van der Waals surface area contributed by atoms with Crippen molar-refractivity contribution in [1.29, 1.82) is 0 Å². The predicted octanol–water partition coefficient (Wildman–Crippen LogP) is 2.70. The Kier molecular flexibility index (Phi) is 2.49. The summed E-state index contributed by atoms with van der Waals surface area (Å²) >= 11 is 1.51. The van der Waals surface area contributed by atoms with Crippen LogP contribution in [0, 0.1) is 5.82 Å². The van der Waals surface area contributed by atoms with Gasteiger partial charge in [0.1, 0.15) is 5.82 Å². The zero-order valence-corrected chi connectivity index (χ0v) is 9.62. The number of halogens is 1. The lowest BCUT2D eigenvalue weighted by atomic mass is 10.3. The molecule has 3 rings (SSSR count). The first-order valence-electron chi connectivity index (χ1n) is 5.07. The normalized spacial score (nSPS) is 10.9. The van der Waals surface area contributed by atoms with Crippen molar-refractivity contribution in [3.63, 3.8) is 0 Å². The fourth-order valence-electron chi connectivity index (χ4n) is 1.52. The maximum Gasteiger partial charge on any atom is 0.185 e. The molecule has 6 heteroatoms. The lowest BCUT2D eigenvalue weighted by molar-refractivity contribution is 0.629. The van der Waals surface area contributed by atoms with Gasteiger partial charge < -0.3 is 9.88 Å². The Morgan fingerprint density at radius 1 is 1.41 bits per heavy atom. The number of thiazole rings is 1. The van der Waals surface area contributed by atoms with E-state index < -0.39 is 0 Å². The van der Waals surface area contributed by atoms with E-state index in [0.29, 0.717) is 12.2 Å². The molecule has 0 aliphatic heterocycles. The van der Waals surface area contributed by atoms with Crippen molar-refractivity contribution in [1.82, 2.24) is 14.5 Å². The van der Waals surface area contributed by atoms with Gasteiger partial charge in [-0.3, -0.25) is 0 Å². The molecule has 0 bridgehead atoms. The first-order chi connectivity index (χ1) is 8.31. The molecule has 0 radical (unpaired) electrons. The maximum atomic E-state index is 13.0. The molecular weight excluding hydrogens is 239 g/mol. The number of hydrogen-bond donors (Lipinski definition) is 1. The van der Waals surface area contributed by atoms with Gasteiger partial charge in [-0.15, -0.1) is 0 Å². The number of nitrogens with zero attached hydrogens (tertiary/aromatic N) is 3. The smallest absolute Gasteiger partial charge is 0.185 e. The molecule has 0 spiro atoms. The summed E-state index contributed by atoms with van der Waals surface area (Å²) in [7, 11) is 0. The van der Waals surface area contributed by atoms with E-state index in [-0.39, 0.29) is 5.82 Å². The Morgan fingerprint density at radius 3 is 3.18 bits per heavy atom. The van der Waals surface area contributed by atoms with Gasteiger partial charge in [0.2, 0.25) is 0 Å². The quantitative estimate of drug-likeness (QED) is 0.775. The van der Waals surface area contributed by atoms with Crippen LogP contribution in [0.15, 0.2) is 36.9 Å². The van der Waals surface area contributed by atoms with E-state index in [2.05, 4.69) is 15.3 Å². The van der Waals surface area contributed by atoms with Crippen molar-refractivity contribution >= 4 is 26.7 Å². The van der Waals surface area contributed by atoms with Crippen molar-refractivity contribution < 1.29 is 4.39 Å². The SMILES string of the molecule is Fc1ccc2sc(NCn3ccnc3)nc2c1. The fourth-order valence-corrected chi connectivity index (χ4v) is 2.35. The van der Waals surface area contributed by atoms with E-state index in [1.54, 1.807) is 18.6 Å². The van der Waals surface area contributed by atoms with Crippen molar-refractivity contribution in [3.8, 4) is 0 Å². The average Bonchev–Trinajstić information content (AvgIpc) is 2.94. The number of hydrogen-bond acceptors (Lipinski definition) is 4. The maximum absolute atomic E-state index is 13.0. The Labute approximate surface area is 101 Å². The largest absolute Gasteiger partial charge is 0.344 e. The average molecular weight is 248 g/mol. The highest BCUT2D eigenvalue weighted by molar-refractivity contribution is 7.22. The predicted molar refractivity (Wildman–Crippen MR) is 65.4 cm³/mol. The van der Waals surface area contributed by atoms with Crippen LogP contribution in [0.1, 0.15) is 0 Å². The lowest BCUT2D eigenvalue weighted by Crippen LogP contribution is -2.05. The van der Waals surface area contributed by atoms with E-state index in [4.69, 9.17) is 0 Å². The molecule has 3 aromatic rings. The highest BCUT2D eigenvalue weighted by Crippen LogP contribution is 2.26. The number of aromatic nitrogens is 3. The Morgan fingerprint density at radius 2 is 2.35 bits per heavy atom. The summed E-state index contributed by atoms with van der Waals surface area (Å²) in [6.07, 6.45) is 5.30. The molecule has 17 heavy (non-hydrogen) atoms. The van der Waals surface area contributed by atoms with Gasteiger partial charge in [0.05, 0.1) is 23.2 Å². The summed E-state index contributed by atoms with van der Waals surface area (Å²) in [6, 6.07) is 4.62. The molecule has 86 valence electrons. The molecule has 0 saturated heterocycles. The molecule has 2 heterocycles. The molecular formula is C11H9FN4S. The van der Waals surface area contributed by atoms with Crippen molar-refractivity contribution in [2.24, 2.45) is 0 Å². The second kappa shape index (κ2) is 4.14. The number of benzene rings is 1. The molecule has 1 aromatic carbocycles. The molecule has 0 atom stereocenters. The summed E-state index contributed by atoms with van der Waals surface area (Å²) < 4.78 is 15.9. The van der Waals surface area contributed by atoms with Crippen LogP contribution in [0.4, 0.5) is 9.52 Å². The molecule has 0 aliphatic rings. The summed E-state index contributed by atoms with van der Waals surface area (Å²) in [5.74, 6) is -0.260. The standard InChI is InChI=1S/C11H9FN4S/c12-8-1-2-10-9(5-8)15-11(17-10)14-7-16-4-3-13-6-16/h1-6H,7H2,(H,14,15). The highest BCUT2D eigenvalue weighted by Gasteiger charge is 2.04. The third-order valence-corrected chi connectivity index (χ3v) is 3.32. The molecule has 4 nitrogen and oxygen atoms in total. The first-order valence-corrected chi connectivity index (χ1v) is 5.88. The zero-order valence-electron chi connectivity index (χ0n) is 8.80. The van der Waals surface area contributed by atoms with Gasteiger partial charge in [-0.05, 0) is 12.1 Å². The zero-order chi connectivity index (χ0) is 11.7. The number of fused-ring (bicyclic) bond motifs is 1. The number of anilines is 1. The van der Waals surface area contributed by atoms with Crippen molar-refractivity contribution in [3.05, 3.63) is 42.7 Å². The van der Waals surface area contributed by atoms with Crippen LogP contribution in [-0.4, -0.2) is 14.5 Å². The van der Waals surface area contributed by atoms with Gasteiger partial charge in [0, 0.05) is 18.5 Å². The van der Waals surface area contributed by atoms with Crippen LogP contribution < -0.4 is 5.32 Å². The third-order valence-electron chi connectivity index (χ3n) is 2.32. The minimum absolute atomic E-state index is 0.260. The molecule has 0 saturated carbocycles. The van der Waals surface area contributed by atoms with Crippen molar-refractivity contribution in [2.45, 2.75) is 6.67 Å². The Balaban J connectivity index is 1.81. The van der Waals surface area contributed by atoms with Gasteiger partial charge in [0.25, 0.3) is 0 Å². The second-order valence-corrected chi connectivity index (χ2v) is 4.57.